The normalized spacial score (nSPS) is 14.9. The lowest BCUT2D eigenvalue weighted by Gasteiger charge is -2.30. The van der Waals surface area contributed by atoms with Gasteiger partial charge in [0.05, 0.1) is 6.61 Å². The number of nitrogens with zero attached hydrogens (tertiary/aromatic N) is 4. The van der Waals surface area contributed by atoms with Crippen LogP contribution in [0.4, 0.5) is 11.9 Å². The van der Waals surface area contributed by atoms with Crippen molar-refractivity contribution >= 4 is 11.9 Å². The molecule has 1 aromatic rings. The highest BCUT2D eigenvalue weighted by Crippen LogP contribution is 2.28. The van der Waals surface area contributed by atoms with Gasteiger partial charge < -0.3 is 15.0 Å². The fourth-order valence-electron chi connectivity index (χ4n) is 2.03. The van der Waals surface area contributed by atoms with Crippen LogP contribution in [-0.4, -0.2) is 42.2 Å². The van der Waals surface area contributed by atoms with E-state index in [0.29, 0.717) is 24.5 Å². The molecule has 1 aliphatic rings. The number of nitrogens with one attached hydrogen (secondary N) is 1. The molecule has 0 aliphatic heterocycles. The minimum Gasteiger partial charge on any atom is -0.463 e. The van der Waals surface area contributed by atoms with Gasteiger partial charge in [0.15, 0.2) is 0 Å². The molecule has 1 aromatic heterocycles. The zero-order valence-corrected chi connectivity index (χ0v) is 12.0. The molecule has 19 heavy (non-hydrogen) atoms. The molecule has 0 bridgehead atoms. The third kappa shape index (κ3) is 3.68. The fraction of sp³-hybridized carbons (Fsp3) is 0.769. The Balaban J connectivity index is 2.07. The van der Waals surface area contributed by atoms with E-state index in [1.54, 1.807) is 7.05 Å². The Morgan fingerprint density at radius 1 is 1.32 bits per heavy atom. The minimum atomic E-state index is 0.400. The van der Waals surface area contributed by atoms with Crippen molar-refractivity contribution in [2.45, 2.75) is 32.6 Å². The third-order valence-corrected chi connectivity index (χ3v) is 3.36. The van der Waals surface area contributed by atoms with Gasteiger partial charge in [-0.2, -0.15) is 15.0 Å². The maximum Gasteiger partial charge on any atom is 0.323 e. The lowest BCUT2D eigenvalue weighted by atomic mass is 9.85. The zero-order chi connectivity index (χ0) is 13.7. The fourth-order valence-corrected chi connectivity index (χ4v) is 2.03. The summed E-state index contributed by atoms with van der Waals surface area (Å²) in [5.41, 5.74) is 0. The second-order valence-corrected chi connectivity index (χ2v) is 5.02. The molecule has 1 saturated carbocycles. The van der Waals surface area contributed by atoms with Crippen LogP contribution >= 0.6 is 0 Å². The number of hydrogen-bond acceptors (Lipinski definition) is 6. The summed E-state index contributed by atoms with van der Waals surface area (Å²) in [6.07, 6.45) is 4.91. The molecule has 0 atom stereocenters. The Morgan fingerprint density at radius 2 is 2.11 bits per heavy atom. The molecule has 0 saturated heterocycles. The molecular formula is C13H23N5O. The lowest BCUT2D eigenvalue weighted by Crippen LogP contribution is -2.30. The molecule has 1 fully saturated rings. The van der Waals surface area contributed by atoms with Crippen LogP contribution in [0.15, 0.2) is 0 Å². The molecule has 1 N–H and O–H groups in total. The van der Waals surface area contributed by atoms with Gasteiger partial charge in [-0.3, -0.25) is 0 Å². The van der Waals surface area contributed by atoms with Gasteiger partial charge in [-0.05, 0) is 25.2 Å². The van der Waals surface area contributed by atoms with Gasteiger partial charge in [0.2, 0.25) is 11.9 Å². The first-order chi connectivity index (χ1) is 9.22. The highest BCUT2D eigenvalue weighted by Gasteiger charge is 2.21. The number of hydrogen-bond donors (Lipinski definition) is 1. The molecule has 6 heteroatoms. The first kappa shape index (κ1) is 13.8. The Kier molecular flexibility index (Phi) is 4.76. The Labute approximate surface area is 114 Å². The van der Waals surface area contributed by atoms with Gasteiger partial charge in [-0.1, -0.05) is 13.3 Å². The Bertz CT molecular complexity index is 408. The lowest BCUT2D eigenvalue weighted by molar-refractivity contribution is 0.290. The molecule has 106 valence electrons. The number of ether oxygens (including phenoxy) is 1. The second kappa shape index (κ2) is 6.54. The predicted molar refractivity (Wildman–Crippen MR) is 75.8 cm³/mol. The van der Waals surface area contributed by atoms with Crippen LogP contribution < -0.4 is 15.0 Å². The van der Waals surface area contributed by atoms with Crippen LogP contribution in [0.25, 0.3) is 0 Å². The molecule has 2 rings (SSSR count). The van der Waals surface area contributed by atoms with Crippen LogP contribution in [-0.2, 0) is 0 Å². The van der Waals surface area contributed by atoms with Gasteiger partial charge in [0.1, 0.15) is 0 Å². The molecule has 1 heterocycles. The number of anilines is 2. The molecule has 0 radical (unpaired) electrons. The first-order valence-corrected chi connectivity index (χ1v) is 7.00. The van der Waals surface area contributed by atoms with E-state index in [4.69, 9.17) is 4.74 Å². The first-order valence-electron chi connectivity index (χ1n) is 7.00. The van der Waals surface area contributed by atoms with Gasteiger partial charge in [-0.15, -0.1) is 0 Å². The van der Waals surface area contributed by atoms with E-state index in [0.717, 1.165) is 18.9 Å². The van der Waals surface area contributed by atoms with Gasteiger partial charge in [0.25, 0.3) is 0 Å². The Morgan fingerprint density at radius 3 is 2.68 bits per heavy atom. The average molecular weight is 265 g/mol. The predicted octanol–water partition coefficient (Wildman–Crippen LogP) is 1.94. The van der Waals surface area contributed by atoms with E-state index < -0.39 is 0 Å². The van der Waals surface area contributed by atoms with Crippen molar-refractivity contribution in [3.05, 3.63) is 0 Å². The smallest absolute Gasteiger partial charge is 0.323 e. The number of rotatable bonds is 7. The molecule has 6 nitrogen and oxygen atoms in total. The van der Waals surface area contributed by atoms with E-state index in [1.165, 1.54) is 19.3 Å². The highest BCUT2D eigenvalue weighted by atomic mass is 16.5. The van der Waals surface area contributed by atoms with Crippen molar-refractivity contribution in [2.75, 3.05) is 37.5 Å². The van der Waals surface area contributed by atoms with Crippen LogP contribution in [0, 0.1) is 5.92 Å². The van der Waals surface area contributed by atoms with Crippen LogP contribution in [0.2, 0.25) is 0 Å². The molecule has 0 aromatic carbocycles. The second-order valence-electron chi connectivity index (χ2n) is 5.02. The van der Waals surface area contributed by atoms with E-state index >= 15 is 0 Å². The summed E-state index contributed by atoms with van der Waals surface area (Å²) in [6.45, 7) is 3.68. The van der Waals surface area contributed by atoms with Crippen molar-refractivity contribution in [1.82, 2.24) is 15.0 Å². The van der Waals surface area contributed by atoms with E-state index in [1.807, 2.05) is 7.05 Å². The SMILES string of the molecule is CCCOc1nc(NC)nc(N(C)CC2CCC2)n1. The summed E-state index contributed by atoms with van der Waals surface area (Å²) < 4.78 is 5.50. The van der Waals surface area contributed by atoms with Gasteiger partial charge >= 0.3 is 6.01 Å². The number of aromatic nitrogens is 3. The van der Waals surface area contributed by atoms with Crippen molar-refractivity contribution in [3.63, 3.8) is 0 Å². The van der Waals surface area contributed by atoms with Crippen molar-refractivity contribution in [2.24, 2.45) is 5.92 Å². The third-order valence-electron chi connectivity index (χ3n) is 3.36. The summed E-state index contributed by atoms with van der Waals surface area (Å²) >= 11 is 0. The maximum atomic E-state index is 5.50. The van der Waals surface area contributed by atoms with Crippen molar-refractivity contribution < 1.29 is 4.74 Å². The topological polar surface area (TPSA) is 63.2 Å². The molecule has 0 amide bonds. The summed E-state index contributed by atoms with van der Waals surface area (Å²) in [4.78, 5) is 15.0. The summed E-state index contributed by atoms with van der Waals surface area (Å²) in [6, 6.07) is 0.400. The molecular weight excluding hydrogens is 242 g/mol. The van der Waals surface area contributed by atoms with E-state index in [9.17, 15) is 0 Å². The molecule has 1 aliphatic carbocycles. The maximum absolute atomic E-state index is 5.50. The quantitative estimate of drug-likeness (QED) is 0.813. The average Bonchev–Trinajstić information content (AvgIpc) is 2.39. The van der Waals surface area contributed by atoms with Gasteiger partial charge in [-0.25, -0.2) is 0 Å². The minimum absolute atomic E-state index is 0.400. The van der Waals surface area contributed by atoms with Crippen LogP contribution in [0.5, 0.6) is 6.01 Å². The van der Waals surface area contributed by atoms with E-state index in [-0.39, 0.29) is 0 Å². The summed E-state index contributed by atoms with van der Waals surface area (Å²) in [5.74, 6) is 2.01. The van der Waals surface area contributed by atoms with Gasteiger partial charge in [0, 0.05) is 20.6 Å². The monoisotopic (exact) mass is 265 g/mol. The highest BCUT2D eigenvalue weighted by molar-refractivity contribution is 5.37. The zero-order valence-electron chi connectivity index (χ0n) is 12.0. The largest absolute Gasteiger partial charge is 0.463 e. The molecule has 0 spiro atoms. The summed E-state index contributed by atoms with van der Waals surface area (Å²) in [7, 11) is 3.82. The van der Waals surface area contributed by atoms with Crippen molar-refractivity contribution in [3.8, 4) is 6.01 Å². The van der Waals surface area contributed by atoms with Crippen molar-refractivity contribution in [1.29, 1.82) is 0 Å². The van der Waals surface area contributed by atoms with Crippen LogP contribution in [0.1, 0.15) is 32.6 Å². The molecule has 0 unspecified atom stereocenters. The standard InChI is InChI=1S/C13H23N5O/c1-4-8-19-13-16-11(14-2)15-12(17-13)18(3)9-10-6-5-7-10/h10H,4-9H2,1-3H3,(H,14,15,16,17). The Hall–Kier alpha value is -1.59. The van der Waals surface area contributed by atoms with E-state index in [2.05, 4.69) is 32.1 Å². The van der Waals surface area contributed by atoms with Crippen LogP contribution in [0.3, 0.4) is 0 Å². The summed E-state index contributed by atoms with van der Waals surface area (Å²) in [5, 5.41) is 2.95.